The summed E-state index contributed by atoms with van der Waals surface area (Å²) in [6, 6.07) is 6.78. The maximum Gasteiger partial charge on any atom is 0.431 e. The monoisotopic (exact) mass is 300 g/mol. The molecule has 20 heavy (non-hydrogen) atoms. The summed E-state index contributed by atoms with van der Waals surface area (Å²) in [4.78, 5) is 12.0. The summed E-state index contributed by atoms with van der Waals surface area (Å²) in [7, 11) is 0. The molecule has 0 saturated carbocycles. The number of hydrogen-bond acceptors (Lipinski definition) is 1. The molecule has 3 nitrogen and oxygen atoms in total. The zero-order chi connectivity index (χ0) is 14.5. The Bertz CT molecular complexity index is 706. The van der Waals surface area contributed by atoms with Crippen molar-refractivity contribution < 1.29 is 18.0 Å². The van der Waals surface area contributed by atoms with Gasteiger partial charge in [-0.05, 0) is 35.9 Å². The van der Waals surface area contributed by atoms with Crippen LogP contribution in [-0.2, 0) is 12.7 Å². The average molecular weight is 301 g/mol. The first kappa shape index (κ1) is 13.1. The maximum atomic E-state index is 12.9. The number of fused-ring (bicyclic) bond motifs is 2. The molecule has 1 aromatic heterocycles. The van der Waals surface area contributed by atoms with Crippen LogP contribution in [0.4, 0.5) is 18.9 Å². The van der Waals surface area contributed by atoms with Gasteiger partial charge >= 0.3 is 6.18 Å². The van der Waals surface area contributed by atoms with Gasteiger partial charge in [0.05, 0.1) is 6.54 Å². The van der Waals surface area contributed by atoms with Gasteiger partial charge in [0, 0.05) is 10.7 Å². The smallest absolute Gasteiger partial charge is 0.328 e. The highest BCUT2D eigenvalue weighted by Gasteiger charge is 2.37. The van der Waals surface area contributed by atoms with E-state index >= 15 is 0 Å². The van der Waals surface area contributed by atoms with Crippen molar-refractivity contribution in [2.24, 2.45) is 0 Å². The lowest BCUT2D eigenvalue weighted by Crippen LogP contribution is -2.18. The van der Waals surface area contributed by atoms with E-state index in [0.29, 0.717) is 16.3 Å². The molecule has 1 aliphatic heterocycles. The summed E-state index contributed by atoms with van der Waals surface area (Å²) in [6.45, 7) is -0.0637. The number of aromatic nitrogens is 1. The first-order valence-electron chi connectivity index (χ1n) is 5.73. The van der Waals surface area contributed by atoms with Gasteiger partial charge in [-0.15, -0.1) is 0 Å². The van der Waals surface area contributed by atoms with E-state index in [1.165, 1.54) is 6.07 Å². The Morgan fingerprint density at radius 3 is 2.65 bits per heavy atom. The Balaban J connectivity index is 2.18. The number of benzene rings is 1. The predicted molar refractivity (Wildman–Crippen MR) is 67.9 cm³/mol. The number of carbonyl (C=O) groups is 1. The lowest BCUT2D eigenvalue weighted by molar-refractivity contribution is -0.143. The van der Waals surface area contributed by atoms with Crippen LogP contribution in [0.2, 0.25) is 5.02 Å². The van der Waals surface area contributed by atoms with Crippen molar-refractivity contribution in [3.8, 4) is 0 Å². The minimum absolute atomic E-state index is 0.0235. The van der Waals surface area contributed by atoms with Crippen molar-refractivity contribution >= 4 is 23.2 Å². The Hall–Kier alpha value is -1.95. The summed E-state index contributed by atoms with van der Waals surface area (Å²) in [5, 5.41) is 2.99. The van der Waals surface area contributed by atoms with Crippen molar-refractivity contribution in [2.45, 2.75) is 12.7 Å². The molecule has 2 heterocycles. The Labute approximate surface area is 117 Å². The number of nitrogens with one attached hydrogen (secondary N) is 1. The van der Waals surface area contributed by atoms with Gasteiger partial charge in [0.2, 0.25) is 0 Å². The number of hydrogen-bond donors (Lipinski definition) is 1. The van der Waals surface area contributed by atoms with Gasteiger partial charge in [-0.2, -0.15) is 13.2 Å². The second kappa shape index (κ2) is 4.28. The molecular formula is C13H8ClF3N2O. The van der Waals surface area contributed by atoms with Crippen LogP contribution in [-0.4, -0.2) is 10.5 Å². The lowest BCUT2D eigenvalue weighted by atomic mass is 10.1. The Morgan fingerprint density at radius 2 is 1.95 bits per heavy atom. The van der Waals surface area contributed by atoms with E-state index in [1.54, 1.807) is 18.2 Å². The molecule has 1 N–H and O–H groups in total. The van der Waals surface area contributed by atoms with Crippen LogP contribution in [0.3, 0.4) is 0 Å². The van der Waals surface area contributed by atoms with E-state index < -0.39 is 17.8 Å². The van der Waals surface area contributed by atoms with Gasteiger partial charge in [0.25, 0.3) is 5.91 Å². The van der Waals surface area contributed by atoms with Gasteiger partial charge < -0.3 is 9.88 Å². The van der Waals surface area contributed by atoms with Gasteiger partial charge in [-0.1, -0.05) is 11.6 Å². The fraction of sp³-hybridized carbons (Fsp3) is 0.154. The standard InChI is InChI=1S/C13H8ClF3N2O/c14-8-1-2-9-7(5-8)6-19-10(12(20)18-9)3-4-11(19)13(15,16)17/h1-5H,6H2,(H,18,20). The SMILES string of the molecule is O=C1Nc2ccc(Cl)cc2Cn2c1ccc2C(F)(F)F. The second-order valence-corrected chi connectivity index (χ2v) is 4.88. The number of anilines is 1. The zero-order valence-electron chi connectivity index (χ0n) is 9.96. The third-order valence-electron chi connectivity index (χ3n) is 3.15. The van der Waals surface area contributed by atoms with Gasteiger partial charge in [-0.3, -0.25) is 4.79 Å². The average Bonchev–Trinajstić information content (AvgIpc) is 2.71. The molecule has 0 saturated heterocycles. The molecule has 1 aromatic carbocycles. The normalized spacial score (nSPS) is 14.3. The number of carbonyl (C=O) groups excluding carboxylic acids is 1. The molecule has 0 aliphatic carbocycles. The van der Waals surface area contributed by atoms with Crippen molar-refractivity contribution in [1.82, 2.24) is 4.57 Å². The van der Waals surface area contributed by atoms with Crippen LogP contribution >= 0.6 is 11.6 Å². The van der Waals surface area contributed by atoms with Crippen LogP contribution in [0.1, 0.15) is 21.7 Å². The molecule has 7 heteroatoms. The van der Waals surface area contributed by atoms with Crippen LogP contribution in [0.25, 0.3) is 0 Å². The highest BCUT2D eigenvalue weighted by Crippen LogP contribution is 2.34. The van der Waals surface area contributed by atoms with Crippen LogP contribution in [0, 0.1) is 0 Å². The number of nitrogens with zero attached hydrogens (tertiary/aromatic N) is 1. The molecule has 0 radical (unpaired) electrons. The molecule has 0 bridgehead atoms. The quantitative estimate of drug-likeness (QED) is 0.789. The summed E-state index contributed by atoms with van der Waals surface area (Å²) < 4.78 is 39.8. The highest BCUT2D eigenvalue weighted by atomic mass is 35.5. The van der Waals surface area contributed by atoms with Gasteiger partial charge in [0.1, 0.15) is 11.4 Å². The third kappa shape index (κ3) is 2.06. The molecular weight excluding hydrogens is 293 g/mol. The summed E-state index contributed by atoms with van der Waals surface area (Å²) in [6.07, 6.45) is -4.51. The molecule has 0 spiro atoms. The fourth-order valence-corrected chi connectivity index (χ4v) is 2.45. The lowest BCUT2D eigenvalue weighted by Gasteiger charge is -2.13. The molecule has 1 amide bonds. The molecule has 0 unspecified atom stereocenters. The van der Waals surface area contributed by atoms with Gasteiger partial charge in [-0.25, -0.2) is 0 Å². The van der Waals surface area contributed by atoms with E-state index in [-0.39, 0.29) is 12.2 Å². The minimum atomic E-state index is -4.51. The minimum Gasteiger partial charge on any atom is -0.328 e. The molecule has 0 atom stereocenters. The number of halogens is 4. The van der Waals surface area contributed by atoms with Gasteiger partial charge in [0.15, 0.2) is 0 Å². The van der Waals surface area contributed by atoms with Crippen LogP contribution < -0.4 is 5.32 Å². The van der Waals surface area contributed by atoms with E-state index in [2.05, 4.69) is 5.32 Å². The maximum absolute atomic E-state index is 12.9. The molecule has 2 aromatic rings. The molecule has 1 aliphatic rings. The number of rotatable bonds is 0. The zero-order valence-corrected chi connectivity index (χ0v) is 10.7. The molecule has 0 fully saturated rings. The fourth-order valence-electron chi connectivity index (χ4n) is 2.26. The third-order valence-corrected chi connectivity index (χ3v) is 3.38. The van der Waals surface area contributed by atoms with Crippen molar-refractivity contribution in [2.75, 3.05) is 5.32 Å². The Kier molecular flexibility index (Phi) is 2.79. The van der Waals surface area contributed by atoms with Crippen molar-refractivity contribution in [3.63, 3.8) is 0 Å². The van der Waals surface area contributed by atoms with Crippen molar-refractivity contribution in [3.05, 3.63) is 52.3 Å². The molecule has 3 rings (SSSR count). The first-order chi connectivity index (χ1) is 9.36. The predicted octanol–water partition coefficient (Wildman–Crippen LogP) is 3.77. The Morgan fingerprint density at radius 1 is 1.20 bits per heavy atom. The largest absolute Gasteiger partial charge is 0.431 e. The highest BCUT2D eigenvalue weighted by molar-refractivity contribution is 6.30. The first-order valence-corrected chi connectivity index (χ1v) is 6.10. The van der Waals surface area contributed by atoms with Crippen molar-refractivity contribution in [1.29, 1.82) is 0 Å². The topological polar surface area (TPSA) is 34.0 Å². The van der Waals surface area contributed by atoms with E-state index in [4.69, 9.17) is 11.6 Å². The van der Waals surface area contributed by atoms with Crippen LogP contribution in [0.5, 0.6) is 0 Å². The van der Waals surface area contributed by atoms with Crippen LogP contribution in [0.15, 0.2) is 30.3 Å². The van der Waals surface area contributed by atoms with E-state index in [9.17, 15) is 18.0 Å². The summed E-state index contributed by atoms with van der Waals surface area (Å²) in [5.74, 6) is -0.568. The number of amides is 1. The second-order valence-electron chi connectivity index (χ2n) is 4.44. The number of alkyl halides is 3. The molecule has 104 valence electrons. The summed E-state index contributed by atoms with van der Waals surface area (Å²) >= 11 is 5.85. The van der Waals surface area contributed by atoms with E-state index in [0.717, 1.165) is 10.6 Å². The summed E-state index contributed by atoms with van der Waals surface area (Å²) in [5.41, 5.74) is 0.127. The van der Waals surface area contributed by atoms with E-state index in [1.807, 2.05) is 0 Å².